The fourth-order valence-electron chi connectivity index (χ4n) is 3.21. The monoisotopic (exact) mass is 438 g/mol. The Labute approximate surface area is 174 Å². The van der Waals surface area contributed by atoms with E-state index in [1.54, 1.807) is 19.2 Å². The molecule has 30 heavy (non-hydrogen) atoms. The smallest absolute Gasteiger partial charge is 0.309 e. The lowest BCUT2D eigenvalue weighted by Gasteiger charge is -2.30. The standard InChI is InChI=1S/C20H23FN2O6S/c1-22(13-16-5-4-12-28-16)19(24)14-29-20(25)15-8-10-23(11-9-15)30(26,27)18-7-3-2-6-17(18)21/h2-7,12,15H,8-11,13-14H2,1H3. The fourth-order valence-corrected chi connectivity index (χ4v) is 4.74. The van der Waals surface area contributed by atoms with Crippen molar-refractivity contribution in [3.8, 4) is 0 Å². The summed E-state index contributed by atoms with van der Waals surface area (Å²) in [6, 6.07) is 8.64. The van der Waals surface area contributed by atoms with E-state index in [2.05, 4.69) is 0 Å². The maximum atomic E-state index is 13.9. The summed E-state index contributed by atoms with van der Waals surface area (Å²) in [6.45, 7) is 0.00497. The fraction of sp³-hybridized carbons (Fsp3) is 0.400. The molecule has 0 radical (unpaired) electrons. The zero-order chi connectivity index (χ0) is 21.7. The normalized spacial score (nSPS) is 15.7. The van der Waals surface area contributed by atoms with Gasteiger partial charge < -0.3 is 14.1 Å². The highest BCUT2D eigenvalue weighted by Crippen LogP contribution is 2.26. The van der Waals surface area contributed by atoms with Gasteiger partial charge in [0, 0.05) is 20.1 Å². The SMILES string of the molecule is CN(Cc1ccco1)C(=O)COC(=O)C1CCN(S(=O)(=O)c2ccccc2F)CC1. The molecule has 0 saturated carbocycles. The number of hydrogen-bond acceptors (Lipinski definition) is 6. The molecule has 8 nitrogen and oxygen atoms in total. The molecule has 1 amide bonds. The number of esters is 1. The number of sulfonamides is 1. The molecule has 0 aliphatic carbocycles. The Balaban J connectivity index is 1.48. The molecule has 0 N–H and O–H groups in total. The molecule has 0 unspecified atom stereocenters. The van der Waals surface area contributed by atoms with E-state index < -0.39 is 34.3 Å². The quantitative estimate of drug-likeness (QED) is 0.614. The zero-order valence-corrected chi connectivity index (χ0v) is 17.3. The summed E-state index contributed by atoms with van der Waals surface area (Å²) in [5.74, 6) is -1.63. The summed E-state index contributed by atoms with van der Waals surface area (Å²) >= 11 is 0. The van der Waals surface area contributed by atoms with Crippen LogP contribution in [-0.4, -0.2) is 56.2 Å². The molecule has 0 bridgehead atoms. The van der Waals surface area contributed by atoms with Gasteiger partial charge in [-0.05, 0) is 37.1 Å². The third-order valence-electron chi connectivity index (χ3n) is 4.98. The van der Waals surface area contributed by atoms with Crippen LogP contribution in [0.15, 0.2) is 52.0 Å². The molecule has 0 spiro atoms. The van der Waals surface area contributed by atoms with Gasteiger partial charge in [0.2, 0.25) is 10.0 Å². The first kappa shape index (κ1) is 22.0. The molecular formula is C20H23FN2O6S. The van der Waals surface area contributed by atoms with Crippen LogP contribution in [0, 0.1) is 11.7 Å². The van der Waals surface area contributed by atoms with Crippen LogP contribution in [0.5, 0.6) is 0 Å². The summed E-state index contributed by atoms with van der Waals surface area (Å²) in [5, 5.41) is 0. The average molecular weight is 438 g/mol. The van der Waals surface area contributed by atoms with Gasteiger partial charge in [0.15, 0.2) is 6.61 Å². The van der Waals surface area contributed by atoms with Crippen LogP contribution in [0.25, 0.3) is 0 Å². The first-order valence-corrected chi connectivity index (χ1v) is 10.9. The van der Waals surface area contributed by atoms with Gasteiger partial charge >= 0.3 is 5.97 Å². The number of rotatable bonds is 7. The number of benzene rings is 1. The second-order valence-corrected chi connectivity index (χ2v) is 8.95. The molecule has 162 valence electrons. The first-order chi connectivity index (χ1) is 14.3. The van der Waals surface area contributed by atoms with Crippen molar-refractivity contribution in [3.05, 3.63) is 54.2 Å². The molecule has 1 aromatic heterocycles. The van der Waals surface area contributed by atoms with E-state index in [0.29, 0.717) is 5.76 Å². The second kappa shape index (κ2) is 9.40. The molecule has 1 aliphatic rings. The Morgan fingerprint density at radius 2 is 1.90 bits per heavy atom. The van der Waals surface area contributed by atoms with Gasteiger partial charge in [-0.3, -0.25) is 9.59 Å². The Bertz CT molecular complexity index is 984. The molecule has 2 aromatic rings. The molecule has 1 aromatic carbocycles. The van der Waals surface area contributed by atoms with E-state index in [-0.39, 0.29) is 43.3 Å². The van der Waals surface area contributed by atoms with Gasteiger partial charge in [-0.2, -0.15) is 4.31 Å². The van der Waals surface area contributed by atoms with Crippen molar-refractivity contribution in [2.45, 2.75) is 24.3 Å². The Morgan fingerprint density at radius 3 is 2.53 bits per heavy atom. The largest absolute Gasteiger partial charge is 0.467 e. The van der Waals surface area contributed by atoms with Gasteiger partial charge in [-0.1, -0.05) is 12.1 Å². The maximum Gasteiger partial charge on any atom is 0.309 e. The Hall–Kier alpha value is -2.72. The van der Waals surface area contributed by atoms with E-state index >= 15 is 0 Å². The van der Waals surface area contributed by atoms with Crippen molar-refractivity contribution in [3.63, 3.8) is 0 Å². The summed E-state index contributed by atoms with van der Waals surface area (Å²) in [4.78, 5) is 25.4. The molecule has 1 aliphatic heterocycles. The summed E-state index contributed by atoms with van der Waals surface area (Å²) in [7, 11) is -2.39. The van der Waals surface area contributed by atoms with Crippen LogP contribution in [0.1, 0.15) is 18.6 Å². The molecular weight excluding hydrogens is 415 g/mol. The number of ether oxygens (including phenoxy) is 1. The number of carbonyl (C=O) groups excluding carboxylic acids is 2. The van der Waals surface area contributed by atoms with E-state index in [9.17, 15) is 22.4 Å². The number of likely N-dealkylation sites (N-methyl/N-ethyl adjacent to an activating group) is 1. The van der Waals surface area contributed by atoms with Crippen LogP contribution in [0.3, 0.4) is 0 Å². The number of piperidine rings is 1. The predicted octanol–water partition coefficient (Wildman–Crippen LogP) is 2.02. The number of nitrogens with zero attached hydrogens (tertiary/aromatic N) is 2. The minimum atomic E-state index is -3.97. The molecule has 10 heteroatoms. The topological polar surface area (TPSA) is 97.1 Å². The molecule has 0 atom stereocenters. The number of hydrogen-bond donors (Lipinski definition) is 0. The number of carbonyl (C=O) groups is 2. The Morgan fingerprint density at radius 1 is 1.20 bits per heavy atom. The minimum Gasteiger partial charge on any atom is -0.467 e. The highest BCUT2D eigenvalue weighted by atomic mass is 32.2. The van der Waals surface area contributed by atoms with Crippen molar-refractivity contribution in [2.24, 2.45) is 5.92 Å². The van der Waals surface area contributed by atoms with Crippen LogP contribution < -0.4 is 0 Å². The lowest BCUT2D eigenvalue weighted by atomic mass is 9.98. The number of amides is 1. The highest BCUT2D eigenvalue weighted by Gasteiger charge is 2.34. The van der Waals surface area contributed by atoms with Gasteiger partial charge in [0.25, 0.3) is 5.91 Å². The van der Waals surface area contributed by atoms with Gasteiger partial charge in [0.1, 0.15) is 16.5 Å². The summed E-state index contributed by atoms with van der Waals surface area (Å²) in [6.07, 6.45) is 1.98. The van der Waals surface area contributed by atoms with E-state index in [1.807, 2.05) is 0 Å². The second-order valence-electron chi connectivity index (χ2n) is 7.05. The van der Waals surface area contributed by atoms with Crippen LogP contribution in [0.2, 0.25) is 0 Å². The third-order valence-corrected chi connectivity index (χ3v) is 6.91. The van der Waals surface area contributed by atoms with Crippen LogP contribution in [0.4, 0.5) is 4.39 Å². The van der Waals surface area contributed by atoms with Crippen molar-refractivity contribution >= 4 is 21.9 Å². The lowest BCUT2D eigenvalue weighted by molar-refractivity contribution is -0.156. The van der Waals surface area contributed by atoms with E-state index in [0.717, 1.165) is 10.4 Å². The summed E-state index contributed by atoms with van der Waals surface area (Å²) < 4.78 is 50.6. The molecule has 2 heterocycles. The van der Waals surface area contributed by atoms with Crippen LogP contribution in [-0.2, 0) is 30.9 Å². The van der Waals surface area contributed by atoms with Gasteiger partial charge in [0.05, 0.1) is 18.7 Å². The maximum absolute atomic E-state index is 13.9. The minimum absolute atomic E-state index is 0.0722. The highest BCUT2D eigenvalue weighted by molar-refractivity contribution is 7.89. The molecule has 3 rings (SSSR count). The Kier molecular flexibility index (Phi) is 6.88. The van der Waals surface area contributed by atoms with Crippen molar-refractivity contribution in [1.29, 1.82) is 0 Å². The average Bonchev–Trinajstić information content (AvgIpc) is 3.25. The van der Waals surface area contributed by atoms with Crippen molar-refractivity contribution in [2.75, 3.05) is 26.7 Å². The molecule has 1 saturated heterocycles. The van der Waals surface area contributed by atoms with E-state index in [1.165, 1.54) is 29.4 Å². The lowest BCUT2D eigenvalue weighted by Crippen LogP contribution is -2.41. The van der Waals surface area contributed by atoms with Crippen molar-refractivity contribution in [1.82, 2.24) is 9.21 Å². The third kappa shape index (κ3) is 5.06. The number of halogens is 1. The predicted molar refractivity (Wildman–Crippen MR) is 104 cm³/mol. The molecule has 1 fully saturated rings. The number of furan rings is 1. The van der Waals surface area contributed by atoms with Gasteiger partial charge in [-0.25, -0.2) is 12.8 Å². The van der Waals surface area contributed by atoms with E-state index in [4.69, 9.17) is 9.15 Å². The summed E-state index contributed by atoms with van der Waals surface area (Å²) in [5.41, 5.74) is 0. The van der Waals surface area contributed by atoms with Crippen LogP contribution >= 0.6 is 0 Å². The first-order valence-electron chi connectivity index (χ1n) is 9.46. The zero-order valence-electron chi connectivity index (χ0n) is 16.5. The van der Waals surface area contributed by atoms with Gasteiger partial charge in [-0.15, -0.1) is 0 Å². The van der Waals surface area contributed by atoms with Crippen molar-refractivity contribution < 1.29 is 31.6 Å².